The first-order chi connectivity index (χ1) is 8.69. The van der Waals surface area contributed by atoms with Crippen LogP contribution in [0.3, 0.4) is 0 Å². The van der Waals surface area contributed by atoms with Crippen LogP contribution in [0.4, 0.5) is 0 Å². The molecule has 1 aliphatic carbocycles. The molecule has 0 aromatic carbocycles. The molecule has 0 aromatic heterocycles. The van der Waals surface area contributed by atoms with Gasteiger partial charge in [-0.1, -0.05) is 19.8 Å². The summed E-state index contributed by atoms with van der Waals surface area (Å²) in [7, 11) is 0. The van der Waals surface area contributed by atoms with E-state index in [2.05, 4.69) is 30.3 Å². The molecule has 2 rings (SSSR count). The average Bonchev–Trinajstić information content (AvgIpc) is 2.96. The summed E-state index contributed by atoms with van der Waals surface area (Å²) in [6.45, 7) is 4.29. The third-order valence-electron chi connectivity index (χ3n) is 4.36. The van der Waals surface area contributed by atoms with E-state index in [-0.39, 0.29) is 6.04 Å². The van der Waals surface area contributed by atoms with Crippen LogP contribution in [0, 0.1) is 5.92 Å². The Balaban J connectivity index is 2.11. The van der Waals surface area contributed by atoms with Crippen LogP contribution in [-0.2, 0) is 4.79 Å². The van der Waals surface area contributed by atoms with E-state index in [1.165, 1.54) is 25.7 Å². The number of carbonyl (C=O) groups is 1. The first kappa shape index (κ1) is 14.2. The van der Waals surface area contributed by atoms with Gasteiger partial charge in [-0.25, -0.2) is 0 Å². The SMILES string of the molecule is CCC1NC(C2CCCC2)N(C(C)CSC)C1=O. The quantitative estimate of drug-likeness (QED) is 0.833. The highest BCUT2D eigenvalue weighted by Gasteiger charge is 2.44. The fourth-order valence-corrected chi connectivity index (χ4v) is 4.06. The van der Waals surface area contributed by atoms with Gasteiger partial charge in [-0.2, -0.15) is 11.8 Å². The lowest BCUT2D eigenvalue weighted by Crippen LogP contribution is -2.47. The molecule has 3 nitrogen and oxygen atoms in total. The molecule has 3 atom stereocenters. The smallest absolute Gasteiger partial charge is 0.241 e. The van der Waals surface area contributed by atoms with Gasteiger partial charge >= 0.3 is 0 Å². The number of hydrogen-bond acceptors (Lipinski definition) is 3. The topological polar surface area (TPSA) is 32.3 Å². The van der Waals surface area contributed by atoms with E-state index in [1.807, 2.05) is 11.8 Å². The fourth-order valence-electron chi connectivity index (χ4n) is 3.42. The number of nitrogens with one attached hydrogen (secondary N) is 1. The molecule has 0 aromatic rings. The minimum Gasteiger partial charge on any atom is -0.322 e. The van der Waals surface area contributed by atoms with Crippen LogP contribution in [0.25, 0.3) is 0 Å². The van der Waals surface area contributed by atoms with Gasteiger partial charge in [-0.15, -0.1) is 0 Å². The molecular weight excluding hydrogens is 244 g/mol. The first-order valence-corrected chi connectivity index (χ1v) is 8.65. The molecule has 104 valence electrons. The van der Waals surface area contributed by atoms with E-state index in [1.54, 1.807) is 0 Å². The van der Waals surface area contributed by atoms with E-state index in [9.17, 15) is 4.79 Å². The Labute approximate surface area is 115 Å². The van der Waals surface area contributed by atoms with Gasteiger partial charge in [0.15, 0.2) is 0 Å². The van der Waals surface area contributed by atoms with Gasteiger partial charge in [0.05, 0.1) is 12.2 Å². The lowest BCUT2D eigenvalue weighted by Gasteiger charge is -2.33. The third kappa shape index (κ3) is 2.69. The lowest BCUT2D eigenvalue weighted by molar-refractivity contribution is -0.132. The molecule has 18 heavy (non-hydrogen) atoms. The monoisotopic (exact) mass is 270 g/mol. The van der Waals surface area contributed by atoms with Crippen molar-refractivity contribution in [3.8, 4) is 0 Å². The van der Waals surface area contributed by atoms with Gasteiger partial charge in [-0.05, 0) is 38.4 Å². The molecule has 1 aliphatic heterocycles. The number of thioether (sulfide) groups is 1. The Morgan fingerprint density at radius 2 is 2.11 bits per heavy atom. The molecule has 0 bridgehead atoms. The number of hydrogen-bond donors (Lipinski definition) is 1. The van der Waals surface area contributed by atoms with Crippen molar-refractivity contribution in [2.45, 2.75) is 64.2 Å². The number of rotatable bonds is 5. The van der Waals surface area contributed by atoms with Crippen LogP contribution < -0.4 is 5.32 Å². The largest absolute Gasteiger partial charge is 0.322 e. The second kappa shape index (κ2) is 6.29. The van der Waals surface area contributed by atoms with Crippen molar-refractivity contribution in [2.24, 2.45) is 5.92 Å². The summed E-state index contributed by atoms with van der Waals surface area (Å²) in [4.78, 5) is 14.6. The summed E-state index contributed by atoms with van der Waals surface area (Å²) in [6.07, 6.45) is 8.55. The van der Waals surface area contributed by atoms with Crippen LogP contribution in [0.2, 0.25) is 0 Å². The molecule has 1 N–H and O–H groups in total. The zero-order valence-electron chi connectivity index (χ0n) is 11.8. The zero-order valence-corrected chi connectivity index (χ0v) is 12.6. The van der Waals surface area contributed by atoms with Gasteiger partial charge in [0.1, 0.15) is 0 Å². The van der Waals surface area contributed by atoms with Gasteiger partial charge in [0.2, 0.25) is 5.91 Å². The highest BCUT2D eigenvalue weighted by molar-refractivity contribution is 7.98. The Morgan fingerprint density at radius 1 is 1.44 bits per heavy atom. The summed E-state index contributed by atoms with van der Waals surface area (Å²) in [5, 5.41) is 3.59. The number of amides is 1. The maximum Gasteiger partial charge on any atom is 0.241 e. The molecule has 4 heteroatoms. The summed E-state index contributed by atoms with van der Waals surface area (Å²) >= 11 is 1.83. The summed E-state index contributed by atoms with van der Waals surface area (Å²) in [5.74, 6) is 2.04. The van der Waals surface area contributed by atoms with Crippen molar-refractivity contribution in [1.29, 1.82) is 0 Å². The molecule has 2 fully saturated rings. The maximum atomic E-state index is 12.5. The average molecular weight is 270 g/mol. The predicted octanol–water partition coefficient (Wildman–Crippen LogP) is 2.46. The van der Waals surface area contributed by atoms with E-state index in [0.29, 0.717) is 24.0 Å². The summed E-state index contributed by atoms with van der Waals surface area (Å²) < 4.78 is 0. The molecule has 1 saturated carbocycles. The molecule has 0 spiro atoms. The van der Waals surface area contributed by atoms with Crippen molar-refractivity contribution in [1.82, 2.24) is 10.2 Å². The molecule has 1 saturated heterocycles. The molecule has 3 unspecified atom stereocenters. The van der Waals surface area contributed by atoms with Gasteiger partial charge in [0.25, 0.3) is 0 Å². The van der Waals surface area contributed by atoms with E-state index in [0.717, 1.165) is 12.2 Å². The lowest BCUT2D eigenvalue weighted by atomic mass is 10.0. The van der Waals surface area contributed by atoms with Gasteiger partial charge in [-0.3, -0.25) is 10.1 Å². The Kier molecular flexibility index (Phi) is 4.96. The van der Waals surface area contributed by atoms with Crippen molar-refractivity contribution in [3.63, 3.8) is 0 Å². The second-order valence-corrected chi connectivity index (χ2v) is 6.58. The molecule has 1 heterocycles. The second-order valence-electron chi connectivity index (χ2n) is 5.67. The predicted molar refractivity (Wildman–Crippen MR) is 77.7 cm³/mol. The van der Waals surface area contributed by atoms with Crippen LogP contribution in [0.15, 0.2) is 0 Å². The first-order valence-electron chi connectivity index (χ1n) is 7.26. The number of carbonyl (C=O) groups excluding carboxylic acids is 1. The van der Waals surface area contributed by atoms with E-state index < -0.39 is 0 Å². The molecular formula is C14H26N2OS. The Bertz CT molecular complexity index is 292. The maximum absolute atomic E-state index is 12.5. The third-order valence-corrected chi connectivity index (χ3v) is 5.18. The molecule has 1 amide bonds. The summed E-state index contributed by atoms with van der Waals surface area (Å²) in [6, 6.07) is 0.405. The van der Waals surface area contributed by atoms with Crippen LogP contribution in [-0.4, -0.2) is 41.1 Å². The van der Waals surface area contributed by atoms with E-state index >= 15 is 0 Å². The normalized spacial score (nSPS) is 31.3. The van der Waals surface area contributed by atoms with Crippen LogP contribution in [0.1, 0.15) is 46.0 Å². The van der Waals surface area contributed by atoms with Crippen molar-refractivity contribution in [3.05, 3.63) is 0 Å². The molecule has 2 aliphatic rings. The van der Waals surface area contributed by atoms with Crippen LogP contribution in [0.5, 0.6) is 0 Å². The Morgan fingerprint density at radius 3 is 2.67 bits per heavy atom. The fraction of sp³-hybridized carbons (Fsp3) is 0.929. The van der Waals surface area contributed by atoms with Crippen LogP contribution >= 0.6 is 11.8 Å². The molecule has 0 radical (unpaired) electrons. The Hall–Kier alpha value is -0.220. The highest BCUT2D eigenvalue weighted by atomic mass is 32.2. The summed E-state index contributed by atoms with van der Waals surface area (Å²) in [5.41, 5.74) is 0. The van der Waals surface area contributed by atoms with E-state index in [4.69, 9.17) is 0 Å². The van der Waals surface area contributed by atoms with Gasteiger partial charge < -0.3 is 4.90 Å². The van der Waals surface area contributed by atoms with Crippen molar-refractivity contribution < 1.29 is 4.79 Å². The zero-order chi connectivity index (χ0) is 13.1. The minimum atomic E-state index is 0.0555. The van der Waals surface area contributed by atoms with Crippen molar-refractivity contribution in [2.75, 3.05) is 12.0 Å². The standard InChI is InChI=1S/C14H26N2OS/c1-4-12-14(17)16(10(2)9-18-3)13(15-12)11-7-5-6-8-11/h10-13,15H,4-9H2,1-3H3. The number of nitrogens with zero attached hydrogens (tertiary/aromatic N) is 1. The highest BCUT2D eigenvalue weighted by Crippen LogP contribution is 2.33. The van der Waals surface area contributed by atoms with Gasteiger partial charge in [0, 0.05) is 11.8 Å². The van der Waals surface area contributed by atoms with Crippen molar-refractivity contribution >= 4 is 17.7 Å². The minimum absolute atomic E-state index is 0.0555.